The second kappa shape index (κ2) is 7.12. The van der Waals surface area contributed by atoms with Gasteiger partial charge in [0.2, 0.25) is 0 Å². The molecular weight excluding hydrogens is 297 g/mol. The van der Waals surface area contributed by atoms with E-state index >= 15 is 0 Å². The molecule has 0 amide bonds. The lowest BCUT2D eigenvalue weighted by Crippen LogP contribution is -2.55. The quantitative estimate of drug-likeness (QED) is 0.904. The zero-order valence-corrected chi connectivity index (χ0v) is 12.9. The summed E-state index contributed by atoms with van der Waals surface area (Å²) in [5, 5.41) is 9.88. The Hall–Kier alpha value is -1.89. The SMILES string of the molecule is OC[C@@]1(Cc2cccc(F)c2)CN(Cc2cnccn2)CCO1. The smallest absolute Gasteiger partial charge is 0.123 e. The average Bonchev–Trinajstić information content (AvgIpc) is 2.56. The van der Waals surface area contributed by atoms with Gasteiger partial charge in [0.05, 0.1) is 18.9 Å². The summed E-state index contributed by atoms with van der Waals surface area (Å²) in [5.41, 5.74) is 0.987. The van der Waals surface area contributed by atoms with E-state index in [1.165, 1.54) is 12.1 Å². The Morgan fingerprint density at radius 2 is 2.26 bits per heavy atom. The van der Waals surface area contributed by atoms with Gasteiger partial charge in [0.15, 0.2) is 0 Å². The van der Waals surface area contributed by atoms with E-state index in [4.69, 9.17) is 4.74 Å². The monoisotopic (exact) mass is 317 g/mol. The van der Waals surface area contributed by atoms with Crippen molar-refractivity contribution in [2.45, 2.75) is 18.6 Å². The molecule has 122 valence electrons. The standard InChI is InChI=1S/C17H20FN3O2/c18-15-3-1-2-14(8-15)9-17(13-22)12-21(6-7-23-17)11-16-10-19-4-5-20-16/h1-5,8,10,22H,6-7,9,11-13H2/t17-/m1/s1. The fourth-order valence-corrected chi connectivity index (χ4v) is 2.98. The molecule has 3 rings (SSSR count). The second-order valence-electron chi connectivity index (χ2n) is 5.90. The van der Waals surface area contributed by atoms with E-state index in [1.54, 1.807) is 24.7 Å². The fraction of sp³-hybridized carbons (Fsp3) is 0.412. The Morgan fingerprint density at radius 1 is 1.35 bits per heavy atom. The molecule has 1 N–H and O–H groups in total. The summed E-state index contributed by atoms with van der Waals surface area (Å²) in [7, 11) is 0. The van der Waals surface area contributed by atoms with E-state index in [0.717, 1.165) is 17.8 Å². The molecule has 0 radical (unpaired) electrons. The highest BCUT2D eigenvalue weighted by atomic mass is 19.1. The molecule has 2 aromatic rings. The maximum Gasteiger partial charge on any atom is 0.123 e. The lowest BCUT2D eigenvalue weighted by atomic mass is 9.93. The minimum Gasteiger partial charge on any atom is -0.393 e. The number of halogens is 1. The van der Waals surface area contributed by atoms with Gasteiger partial charge in [-0.3, -0.25) is 14.9 Å². The van der Waals surface area contributed by atoms with Crippen molar-refractivity contribution in [2.75, 3.05) is 26.3 Å². The number of rotatable bonds is 5. The van der Waals surface area contributed by atoms with Gasteiger partial charge in [-0.1, -0.05) is 12.1 Å². The molecule has 2 heterocycles. The molecule has 0 bridgehead atoms. The number of hydrogen-bond acceptors (Lipinski definition) is 5. The van der Waals surface area contributed by atoms with Crippen LogP contribution in [0.3, 0.4) is 0 Å². The Morgan fingerprint density at radius 3 is 3.00 bits per heavy atom. The Kier molecular flexibility index (Phi) is 4.95. The molecule has 6 heteroatoms. The first-order valence-corrected chi connectivity index (χ1v) is 7.66. The highest BCUT2D eigenvalue weighted by Crippen LogP contribution is 2.24. The number of aromatic nitrogens is 2. The highest BCUT2D eigenvalue weighted by molar-refractivity contribution is 5.19. The van der Waals surface area contributed by atoms with Crippen LogP contribution in [0.1, 0.15) is 11.3 Å². The molecule has 5 nitrogen and oxygen atoms in total. The van der Waals surface area contributed by atoms with Gasteiger partial charge in [-0.25, -0.2) is 4.39 Å². The van der Waals surface area contributed by atoms with Crippen molar-refractivity contribution in [1.29, 1.82) is 0 Å². The predicted octanol–water partition coefficient (Wildman–Crippen LogP) is 1.42. The van der Waals surface area contributed by atoms with Gasteiger partial charge in [-0.05, 0) is 17.7 Å². The molecule has 0 unspecified atom stereocenters. The van der Waals surface area contributed by atoms with Crippen LogP contribution in [0.15, 0.2) is 42.9 Å². The third-order valence-electron chi connectivity index (χ3n) is 4.03. The molecule has 1 saturated heterocycles. The van der Waals surface area contributed by atoms with Crippen LogP contribution in [0.5, 0.6) is 0 Å². The van der Waals surface area contributed by atoms with Crippen LogP contribution in [0.25, 0.3) is 0 Å². The van der Waals surface area contributed by atoms with Crippen molar-refractivity contribution < 1.29 is 14.2 Å². The van der Waals surface area contributed by atoms with Crippen LogP contribution in [0.2, 0.25) is 0 Å². The Labute approximate surface area is 134 Å². The normalized spacial score (nSPS) is 22.2. The molecule has 1 aromatic carbocycles. The van der Waals surface area contributed by atoms with Gasteiger partial charge in [-0.2, -0.15) is 0 Å². The number of morpholine rings is 1. The molecule has 1 aromatic heterocycles. The molecule has 1 fully saturated rings. The van der Waals surface area contributed by atoms with Crippen LogP contribution < -0.4 is 0 Å². The molecule has 0 saturated carbocycles. The molecular formula is C17H20FN3O2. The Balaban J connectivity index is 1.71. The summed E-state index contributed by atoms with van der Waals surface area (Å²) < 4.78 is 19.3. The predicted molar refractivity (Wildman–Crippen MR) is 83.2 cm³/mol. The van der Waals surface area contributed by atoms with Crippen molar-refractivity contribution >= 4 is 0 Å². The first kappa shape index (κ1) is 16.0. The largest absolute Gasteiger partial charge is 0.393 e. The topological polar surface area (TPSA) is 58.5 Å². The van der Waals surface area contributed by atoms with E-state index in [0.29, 0.717) is 26.1 Å². The van der Waals surface area contributed by atoms with Crippen molar-refractivity contribution in [3.05, 3.63) is 59.9 Å². The average molecular weight is 317 g/mol. The summed E-state index contributed by atoms with van der Waals surface area (Å²) in [5.74, 6) is -0.275. The summed E-state index contributed by atoms with van der Waals surface area (Å²) in [6.45, 7) is 2.40. The summed E-state index contributed by atoms with van der Waals surface area (Å²) in [6, 6.07) is 6.43. The summed E-state index contributed by atoms with van der Waals surface area (Å²) in [6.07, 6.45) is 5.52. The Bertz CT molecular complexity index is 641. The van der Waals surface area contributed by atoms with Crippen LogP contribution in [-0.2, 0) is 17.7 Å². The van der Waals surface area contributed by atoms with Gasteiger partial charge < -0.3 is 9.84 Å². The van der Waals surface area contributed by atoms with E-state index in [1.807, 2.05) is 6.07 Å². The lowest BCUT2D eigenvalue weighted by Gasteiger charge is -2.41. The molecule has 1 aliphatic rings. The third-order valence-corrected chi connectivity index (χ3v) is 4.03. The van der Waals surface area contributed by atoms with Crippen LogP contribution >= 0.6 is 0 Å². The van der Waals surface area contributed by atoms with Crippen LogP contribution in [0, 0.1) is 5.82 Å². The molecule has 0 spiro atoms. The molecule has 1 aliphatic heterocycles. The van der Waals surface area contributed by atoms with Crippen molar-refractivity contribution in [3.8, 4) is 0 Å². The summed E-state index contributed by atoms with van der Waals surface area (Å²) >= 11 is 0. The maximum atomic E-state index is 13.4. The van der Waals surface area contributed by atoms with E-state index in [9.17, 15) is 9.50 Å². The minimum atomic E-state index is -0.714. The van der Waals surface area contributed by atoms with Crippen molar-refractivity contribution in [2.24, 2.45) is 0 Å². The van der Waals surface area contributed by atoms with Gasteiger partial charge in [0.25, 0.3) is 0 Å². The maximum absolute atomic E-state index is 13.4. The number of nitrogens with zero attached hydrogens (tertiary/aromatic N) is 3. The summed E-state index contributed by atoms with van der Waals surface area (Å²) in [4.78, 5) is 10.5. The van der Waals surface area contributed by atoms with Crippen LogP contribution in [-0.4, -0.2) is 51.9 Å². The lowest BCUT2D eigenvalue weighted by molar-refractivity contribution is -0.134. The van der Waals surface area contributed by atoms with E-state index in [2.05, 4.69) is 14.9 Å². The van der Waals surface area contributed by atoms with Gasteiger partial charge in [-0.15, -0.1) is 0 Å². The zero-order chi connectivity index (χ0) is 16.1. The number of hydrogen-bond donors (Lipinski definition) is 1. The third kappa shape index (κ3) is 4.10. The fourth-order valence-electron chi connectivity index (χ4n) is 2.98. The van der Waals surface area contributed by atoms with Crippen LogP contribution in [0.4, 0.5) is 4.39 Å². The first-order valence-electron chi connectivity index (χ1n) is 7.66. The van der Waals surface area contributed by atoms with E-state index in [-0.39, 0.29) is 12.4 Å². The second-order valence-corrected chi connectivity index (χ2v) is 5.90. The van der Waals surface area contributed by atoms with Crippen molar-refractivity contribution in [1.82, 2.24) is 14.9 Å². The minimum absolute atomic E-state index is 0.111. The molecule has 0 aliphatic carbocycles. The van der Waals surface area contributed by atoms with Gasteiger partial charge >= 0.3 is 0 Å². The number of aliphatic hydroxyl groups is 1. The molecule has 1 atom stereocenters. The van der Waals surface area contributed by atoms with Crippen molar-refractivity contribution in [3.63, 3.8) is 0 Å². The highest BCUT2D eigenvalue weighted by Gasteiger charge is 2.36. The number of benzene rings is 1. The van der Waals surface area contributed by atoms with E-state index < -0.39 is 5.60 Å². The number of aliphatic hydroxyl groups excluding tert-OH is 1. The molecule has 23 heavy (non-hydrogen) atoms. The first-order chi connectivity index (χ1) is 11.2. The number of ether oxygens (including phenoxy) is 1. The zero-order valence-electron chi connectivity index (χ0n) is 12.9. The van der Waals surface area contributed by atoms with Gasteiger partial charge in [0, 0.05) is 44.6 Å². The van der Waals surface area contributed by atoms with Gasteiger partial charge in [0.1, 0.15) is 11.4 Å².